The quantitative estimate of drug-likeness (QED) is 0.762. The first-order chi connectivity index (χ1) is 13.6. The molecule has 0 aromatic heterocycles. The number of hydrogen-bond acceptors (Lipinski definition) is 4. The number of carbonyl (C=O) groups is 3. The average Bonchev–Trinajstić information content (AvgIpc) is 2.83. The zero-order chi connectivity index (χ0) is 21.0. The first-order valence-corrected chi connectivity index (χ1v) is 10.9. The Morgan fingerprint density at radius 3 is 2.38 bits per heavy atom. The molecular formula is C21H34N4O4. The molecule has 3 aliphatic heterocycles. The first kappa shape index (κ1) is 20.3. The minimum atomic E-state index is -0.466. The summed E-state index contributed by atoms with van der Waals surface area (Å²) in [7, 11) is 1.83. The fourth-order valence-corrected chi connectivity index (χ4v) is 5.32. The van der Waals surface area contributed by atoms with E-state index in [0.29, 0.717) is 6.54 Å². The van der Waals surface area contributed by atoms with E-state index < -0.39 is 5.60 Å². The molecule has 4 aliphatic rings. The van der Waals surface area contributed by atoms with Crippen molar-refractivity contribution in [1.29, 1.82) is 0 Å². The van der Waals surface area contributed by atoms with Gasteiger partial charge in [0, 0.05) is 38.1 Å². The van der Waals surface area contributed by atoms with E-state index in [1.165, 1.54) is 0 Å². The Hall–Kier alpha value is -1.99. The van der Waals surface area contributed by atoms with Crippen molar-refractivity contribution in [3.63, 3.8) is 0 Å². The number of amides is 4. The predicted molar refractivity (Wildman–Crippen MR) is 107 cm³/mol. The number of likely N-dealkylation sites (N-methyl/N-ethyl adjacent to an activating group) is 1. The maximum atomic E-state index is 12.8. The molecule has 1 N–H and O–H groups in total. The van der Waals surface area contributed by atoms with E-state index in [9.17, 15) is 14.4 Å². The normalized spacial score (nSPS) is 29.1. The molecule has 8 nitrogen and oxygen atoms in total. The molecule has 0 unspecified atom stereocenters. The largest absolute Gasteiger partial charge is 0.444 e. The van der Waals surface area contributed by atoms with E-state index in [2.05, 4.69) is 5.32 Å². The van der Waals surface area contributed by atoms with Gasteiger partial charge in [0.15, 0.2) is 0 Å². The Balaban J connectivity index is 1.23. The Morgan fingerprint density at radius 1 is 1.10 bits per heavy atom. The van der Waals surface area contributed by atoms with Crippen LogP contribution in [-0.4, -0.2) is 83.1 Å². The van der Waals surface area contributed by atoms with Gasteiger partial charge in [-0.25, -0.2) is 9.59 Å². The predicted octanol–water partition coefficient (Wildman–Crippen LogP) is 2.18. The van der Waals surface area contributed by atoms with Crippen LogP contribution in [0.1, 0.15) is 59.3 Å². The van der Waals surface area contributed by atoms with Crippen molar-refractivity contribution >= 4 is 18.0 Å². The highest BCUT2D eigenvalue weighted by Gasteiger charge is 2.49. The molecule has 4 rings (SSSR count). The summed E-state index contributed by atoms with van der Waals surface area (Å²) < 4.78 is 5.45. The van der Waals surface area contributed by atoms with Crippen LogP contribution in [-0.2, 0) is 9.53 Å². The number of likely N-dealkylation sites (tertiary alicyclic amines) is 1. The van der Waals surface area contributed by atoms with Gasteiger partial charge in [-0.1, -0.05) is 0 Å². The number of nitrogens with one attached hydrogen (secondary N) is 1. The van der Waals surface area contributed by atoms with E-state index in [4.69, 9.17) is 4.74 Å². The fourth-order valence-electron chi connectivity index (χ4n) is 5.32. The highest BCUT2D eigenvalue weighted by atomic mass is 16.6. The van der Waals surface area contributed by atoms with Crippen LogP contribution in [0.2, 0.25) is 0 Å². The molecule has 1 spiro atoms. The molecule has 1 aliphatic carbocycles. The van der Waals surface area contributed by atoms with Gasteiger partial charge < -0.3 is 24.8 Å². The number of hydrogen-bond donors (Lipinski definition) is 1. The third-order valence-electron chi connectivity index (χ3n) is 7.05. The minimum absolute atomic E-state index is 0.00274. The molecule has 1 saturated carbocycles. The molecule has 29 heavy (non-hydrogen) atoms. The standard InChI is InChI=1S/C21H34N4O4/c1-20(2,3)29-19(28)24-12-21(13-24)9-7-14(8-10-21)22-17(26)16-6-5-15-11-25(16)18(27)23(15)4/h14-16H,5-13H2,1-4H3,(H,22,26)/t15-,16+/m1/s1. The smallest absolute Gasteiger partial charge is 0.410 e. The van der Waals surface area contributed by atoms with Crippen molar-refractivity contribution in [2.45, 2.75) is 83.0 Å². The average molecular weight is 407 g/mol. The molecular weight excluding hydrogens is 372 g/mol. The molecule has 4 amide bonds. The molecule has 0 aromatic rings. The number of fused-ring (bicyclic) bond motifs is 2. The lowest BCUT2D eigenvalue weighted by Crippen LogP contribution is -2.61. The van der Waals surface area contributed by atoms with Crippen LogP contribution >= 0.6 is 0 Å². The first-order valence-electron chi connectivity index (χ1n) is 10.9. The van der Waals surface area contributed by atoms with Crippen LogP contribution in [0.25, 0.3) is 0 Å². The summed E-state index contributed by atoms with van der Waals surface area (Å²) in [5.41, 5.74) is -0.281. The SMILES string of the molecule is CN1C(=O)N2C[C@H]1CC[C@H]2C(=O)NC1CCC2(CC1)CN(C(=O)OC(C)(C)C)C2. The van der Waals surface area contributed by atoms with Crippen molar-refractivity contribution in [3.05, 3.63) is 0 Å². The van der Waals surface area contributed by atoms with Gasteiger partial charge in [0.1, 0.15) is 11.6 Å². The zero-order valence-corrected chi connectivity index (χ0v) is 18.1. The van der Waals surface area contributed by atoms with Crippen molar-refractivity contribution < 1.29 is 19.1 Å². The van der Waals surface area contributed by atoms with E-state index in [1.54, 1.807) is 14.7 Å². The monoisotopic (exact) mass is 406 g/mol. The summed E-state index contributed by atoms with van der Waals surface area (Å²) in [6, 6.07) is 0.0717. The molecule has 8 heteroatoms. The minimum Gasteiger partial charge on any atom is -0.444 e. The Bertz CT molecular complexity index is 687. The highest BCUT2D eigenvalue weighted by molar-refractivity contribution is 5.89. The second-order valence-corrected chi connectivity index (χ2v) is 10.4. The molecule has 0 radical (unpaired) electrons. The van der Waals surface area contributed by atoms with Crippen LogP contribution in [0.3, 0.4) is 0 Å². The number of rotatable bonds is 2. The third kappa shape index (κ3) is 3.90. The number of ether oxygens (including phenoxy) is 1. The number of carbonyl (C=O) groups excluding carboxylic acids is 3. The maximum Gasteiger partial charge on any atom is 0.410 e. The van der Waals surface area contributed by atoms with Crippen molar-refractivity contribution in [1.82, 2.24) is 20.0 Å². The Labute approximate surface area is 172 Å². The second-order valence-electron chi connectivity index (χ2n) is 10.4. The van der Waals surface area contributed by atoms with Crippen LogP contribution in [0, 0.1) is 5.41 Å². The fraction of sp³-hybridized carbons (Fsp3) is 0.857. The number of nitrogens with zero attached hydrogens (tertiary/aromatic N) is 3. The van der Waals surface area contributed by atoms with Gasteiger partial charge >= 0.3 is 12.1 Å². The van der Waals surface area contributed by atoms with Gasteiger partial charge in [-0.05, 0) is 59.3 Å². The molecule has 4 fully saturated rings. The topological polar surface area (TPSA) is 82.2 Å². The zero-order valence-electron chi connectivity index (χ0n) is 18.1. The summed E-state index contributed by atoms with van der Waals surface area (Å²) >= 11 is 0. The number of piperidine rings is 1. The van der Waals surface area contributed by atoms with Gasteiger partial charge in [0.2, 0.25) is 5.91 Å². The van der Waals surface area contributed by atoms with Gasteiger partial charge in [0.05, 0.1) is 6.04 Å². The van der Waals surface area contributed by atoms with Gasteiger partial charge in [-0.3, -0.25) is 4.79 Å². The summed E-state index contributed by atoms with van der Waals surface area (Å²) in [6.07, 6.45) is 5.28. The van der Waals surface area contributed by atoms with Crippen molar-refractivity contribution in [3.8, 4) is 0 Å². The molecule has 162 valence electrons. The summed E-state index contributed by atoms with van der Waals surface area (Å²) in [6.45, 7) is 7.82. The second kappa shape index (κ2) is 7.06. The Morgan fingerprint density at radius 2 is 1.76 bits per heavy atom. The summed E-state index contributed by atoms with van der Waals surface area (Å²) in [5.74, 6) is -0.00274. The lowest BCUT2D eigenvalue weighted by Gasteiger charge is -2.53. The Kier molecular flexibility index (Phi) is 4.94. The van der Waals surface area contributed by atoms with Crippen LogP contribution < -0.4 is 5.32 Å². The lowest BCUT2D eigenvalue weighted by atomic mass is 9.67. The van der Waals surface area contributed by atoms with E-state index in [0.717, 1.165) is 51.6 Å². The van der Waals surface area contributed by atoms with Crippen molar-refractivity contribution in [2.24, 2.45) is 5.41 Å². The molecule has 2 atom stereocenters. The summed E-state index contributed by atoms with van der Waals surface area (Å²) in [4.78, 5) is 42.6. The van der Waals surface area contributed by atoms with E-state index in [-0.39, 0.29) is 41.6 Å². The number of urea groups is 1. The highest BCUT2D eigenvalue weighted by Crippen LogP contribution is 2.44. The molecule has 0 aromatic carbocycles. The summed E-state index contributed by atoms with van der Waals surface area (Å²) in [5, 5.41) is 3.20. The van der Waals surface area contributed by atoms with Gasteiger partial charge in [-0.2, -0.15) is 0 Å². The van der Waals surface area contributed by atoms with Gasteiger partial charge in [0.25, 0.3) is 0 Å². The molecule has 2 bridgehead atoms. The van der Waals surface area contributed by atoms with Crippen LogP contribution in [0.4, 0.5) is 9.59 Å². The van der Waals surface area contributed by atoms with E-state index in [1.807, 2.05) is 27.8 Å². The van der Waals surface area contributed by atoms with E-state index >= 15 is 0 Å². The lowest BCUT2D eigenvalue weighted by molar-refractivity contribution is -0.127. The van der Waals surface area contributed by atoms with Crippen LogP contribution in [0.5, 0.6) is 0 Å². The van der Waals surface area contributed by atoms with Crippen molar-refractivity contribution in [2.75, 3.05) is 26.7 Å². The maximum absolute atomic E-state index is 12.8. The third-order valence-corrected chi connectivity index (χ3v) is 7.05. The van der Waals surface area contributed by atoms with Gasteiger partial charge in [-0.15, -0.1) is 0 Å². The molecule has 3 heterocycles. The van der Waals surface area contributed by atoms with Crippen LogP contribution in [0.15, 0.2) is 0 Å². The molecule has 3 saturated heterocycles.